The third-order valence-corrected chi connectivity index (χ3v) is 5.19. The van der Waals surface area contributed by atoms with Crippen LogP contribution in [0, 0.1) is 11.8 Å². The van der Waals surface area contributed by atoms with Crippen LogP contribution >= 0.6 is 0 Å². The monoisotopic (exact) mass is 293 g/mol. The molecule has 2 heterocycles. The van der Waals surface area contributed by atoms with Crippen molar-refractivity contribution < 1.29 is 9.59 Å². The first-order valence-electron chi connectivity index (χ1n) is 8.30. The minimum absolute atomic E-state index is 0.0560. The van der Waals surface area contributed by atoms with Crippen LogP contribution in [0.25, 0.3) is 0 Å². The molecule has 2 saturated heterocycles. The van der Waals surface area contributed by atoms with Crippen LogP contribution in [-0.4, -0.2) is 59.9 Å². The molecule has 0 spiro atoms. The SMILES string of the molecule is CC(C)C1C(=O)NC(C2CC2)C(=O)N1C1CCN(C)CC1. The molecule has 5 nitrogen and oxygen atoms in total. The van der Waals surface area contributed by atoms with Gasteiger partial charge >= 0.3 is 0 Å². The van der Waals surface area contributed by atoms with E-state index in [9.17, 15) is 9.59 Å². The molecule has 3 rings (SSSR count). The summed E-state index contributed by atoms with van der Waals surface area (Å²) in [6, 6.07) is -0.318. The molecule has 0 aromatic heterocycles. The highest BCUT2D eigenvalue weighted by Gasteiger charge is 2.49. The maximum atomic E-state index is 12.9. The van der Waals surface area contributed by atoms with Gasteiger partial charge in [-0.15, -0.1) is 0 Å². The van der Waals surface area contributed by atoms with Crippen LogP contribution in [0.2, 0.25) is 0 Å². The van der Waals surface area contributed by atoms with Gasteiger partial charge in [-0.25, -0.2) is 0 Å². The predicted molar refractivity (Wildman–Crippen MR) is 80.6 cm³/mol. The number of piperazine rings is 1. The van der Waals surface area contributed by atoms with Crippen molar-refractivity contribution in [2.24, 2.45) is 11.8 Å². The zero-order chi connectivity index (χ0) is 15.1. The first kappa shape index (κ1) is 14.8. The lowest BCUT2D eigenvalue weighted by Gasteiger charge is -2.47. The Labute approximate surface area is 127 Å². The van der Waals surface area contributed by atoms with Crippen molar-refractivity contribution in [2.75, 3.05) is 20.1 Å². The fourth-order valence-electron chi connectivity index (χ4n) is 3.78. The van der Waals surface area contributed by atoms with Crippen molar-refractivity contribution in [1.82, 2.24) is 15.1 Å². The quantitative estimate of drug-likeness (QED) is 0.839. The molecular weight excluding hydrogens is 266 g/mol. The minimum atomic E-state index is -0.291. The Balaban J connectivity index is 1.83. The second-order valence-corrected chi connectivity index (χ2v) is 7.29. The number of carbonyl (C=O) groups excluding carboxylic acids is 2. The number of likely N-dealkylation sites (tertiary alicyclic amines) is 1. The molecule has 0 radical (unpaired) electrons. The highest BCUT2D eigenvalue weighted by molar-refractivity contribution is 5.97. The number of amides is 2. The lowest BCUT2D eigenvalue weighted by atomic mass is 9.91. The standard InChI is InChI=1S/C16H27N3O2/c1-10(2)14-15(20)17-13(11-4-5-11)16(21)19(14)12-6-8-18(3)9-7-12/h10-14H,4-9H2,1-3H3,(H,17,20). The molecule has 2 aliphatic heterocycles. The van der Waals surface area contributed by atoms with E-state index in [1.165, 1.54) is 0 Å². The van der Waals surface area contributed by atoms with Gasteiger partial charge in [0.1, 0.15) is 12.1 Å². The summed E-state index contributed by atoms with van der Waals surface area (Å²) in [5.74, 6) is 0.767. The van der Waals surface area contributed by atoms with E-state index in [1.54, 1.807) is 0 Å². The Hall–Kier alpha value is -1.10. The van der Waals surface area contributed by atoms with Gasteiger partial charge in [-0.2, -0.15) is 0 Å². The fourth-order valence-corrected chi connectivity index (χ4v) is 3.78. The van der Waals surface area contributed by atoms with Gasteiger partial charge in [0.25, 0.3) is 0 Å². The third kappa shape index (κ3) is 2.80. The van der Waals surface area contributed by atoms with E-state index >= 15 is 0 Å². The predicted octanol–water partition coefficient (Wildman–Crippen LogP) is 0.842. The molecule has 2 atom stereocenters. The lowest BCUT2D eigenvalue weighted by Crippen LogP contribution is -2.68. The van der Waals surface area contributed by atoms with Gasteiger partial charge in [-0.3, -0.25) is 9.59 Å². The summed E-state index contributed by atoms with van der Waals surface area (Å²) in [6.45, 7) is 6.10. The minimum Gasteiger partial charge on any atom is -0.342 e. The van der Waals surface area contributed by atoms with Crippen molar-refractivity contribution in [3.05, 3.63) is 0 Å². The average Bonchev–Trinajstić information content (AvgIpc) is 3.25. The van der Waals surface area contributed by atoms with Crippen molar-refractivity contribution in [1.29, 1.82) is 0 Å². The Bertz CT molecular complexity index is 425. The Morgan fingerprint density at radius 3 is 2.24 bits per heavy atom. The van der Waals surface area contributed by atoms with Gasteiger partial charge in [0.05, 0.1) is 0 Å². The number of carbonyl (C=O) groups is 2. The summed E-state index contributed by atoms with van der Waals surface area (Å²) in [4.78, 5) is 29.7. The molecule has 3 fully saturated rings. The van der Waals surface area contributed by atoms with Gasteiger partial charge in [0.15, 0.2) is 0 Å². The summed E-state index contributed by atoms with van der Waals surface area (Å²) >= 11 is 0. The summed E-state index contributed by atoms with van der Waals surface area (Å²) < 4.78 is 0. The maximum absolute atomic E-state index is 12.9. The Morgan fingerprint density at radius 1 is 1.10 bits per heavy atom. The Morgan fingerprint density at radius 2 is 1.71 bits per heavy atom. The van der Waals surface area contributed by atoms with E-state index in [4.69, 9.17) is 0 Å². The van der Waals surface area contributed by atoms with E-state index in [0.717, 1.165) is 38.8 Å². The second kappa shape index (κ2) is 5.59. The van der Waals surface area contributed by atoms with Crippen LogP contribution in [0.5, 0.6) is 0 Å². The molecular formula is C16H27N3O2. The molecule has 118 valence electrons. The van der Waals surface area contributed by atoms with E-state index in [0.29, 0.717) is 5.92 Å². The lowest BCUT2D eigenvalue weighted by molar-refractivity contribution is -0.156. The highest BCUT2D eigenvalue weighted by atomic mass is 16.2. The number of nitrogens with zero attached hydrogens (tertiary/aromatic N) is 2. The summed E-state index contributed by atoms with van der Waals surface area (Å²) in [5.41, 5.74) is 0. The molecule has 0 bridgehead atoms. The highest BCUT2D eigenvalue weighted by Crippen LogP contribution is 2.37. The molecule has 1 saturated carbocycles. The molecule has 0 aromatic carbocycles. The first-order valence-corrected chi connectivity index (χ1v) is 8.30. The number of hydrogen-bond acceptors (Lipinski definition) is 3. The third-order valence-electron chi connectivity index (χ3n) is 5.19. The molecule has 2 unspecified atom stereocenters. The zero-order valence-corrected chi connectivity index (χ0v) is 13.3. The van der Waals surface area contributed by atoms with Gasteiger partial charge in [0, 0.05) is 6.04 Å². The number of rotatable bonds is 3. The fraction of sp³-hybridized carbons (Fsp3) is 0.875. The van der Waals surface area contributed by atoms with E-state index in [1.807, 2.05) is 18.7 Å². The summed E-state index contributed by atoms with van der Waals surface area (Å²) in [6.07, 6.45) is 4.11. The van der Waals surface area contributed by atoms with Crippen LogP contribution in [0.15, 0.2) is 0 Å². The van der Waals surface area contributed by atoms with Crippen LogP contribution in [-0.2, 0) is 9.59 Å². The van der Waals surface area contributed by atoms with Gasteiger partial charge in [-0.05, 0) is 57.7 Å². The van der Waals surface area contributed by atoms with E-state index in [-0.39, 0.29) is 35.9 Å². The molecule has 5 heteroatoms. The number of hydrogen-bond donors (Lipinski definition) is 1. The topological polar surface area (TPSA) is 52.7 Å². The average molecular weight is 293 g/mol. The molecule has 21 heavy (non-hydrogen) atoms. The van der Waals surface area contributed by atoms with Crippen molar-refractivity contribution in [3.8, 4) is 0 Å². The number of piperidine rings is 1. The molecule has 0 aromatic rings. The first-order chi connectivity index (χ1) is 9.99. The van der Waals surface area contributed by atoms with Crippen molar-refractivity contribution in [3.63, 3.8) is 0 Å². The summed E-state index contributed by atoms with van der Waals surface area (Å²) in [5, 5.41) is 3.00. The van der Waals surface area contributed by atoms with Crippen molar-refractivity contribution >= 4 is 11.8 Å². The Kier molecular flexibility index (Phi) is 3.95. The largest absolute Gasteiger partial charge is 0.342 e. The number of nitrogens with one attached hydrogen (secondary N) is 1. The molecule has 3 aliphatic rings. The maximum Gasteiger partial charge on any atom is 0.246 e. The second-order valence-electron chi connectivity index (χ2n) is 7.29. The van der Waals surface area contributed by atoms with Crippen LogP contribution in [0.4, 0.5) is 0 Å². The molecule has 2 amide bonds. The zero-order valence-electron chi connectivity index (χ0n) is 13.3. The normalized spacial score (nSPS) is 32.7. The van der Waals surface area contributed by atoms with Gasteiger partial charge in [0.2, 0.25) is 11.8 Å². The van der Waals surface area contributed by atoms with Crippen LogP contribution in [0.1, 0.15) is 39.5 Å². The van der Waals surface area contributed by atoms with Gasteiger partial charge in [-0.1, -0.05) is 13.8 Å². The van der Waals surface area contributed by atoms with Crippen LogP contribution < -0.4 is 5.32 Å². The molecule has 1 aliphatic carbocycles. The smallest absolute Gasteiger partial charge is 0.246 e. The van der Waals surface area contributed by atoms with E-state index in [2.05, 4.69) is 17.3 Å². The van der Waals surface area contributed by atoms with Crippen LogP contribution in [0.3, 0.4) is 0 Å². The van der Waals surface area contributed by atoms with Gasteiger partial charge < -0.3 is 15.1 Å². The summed E-state index contributed by atoms with van der Waals surface area (Å²) in [7, 11) is 2.12. The van der Waals surface area contributed by atoms with Crippen molar-refractivity contribution in [2.45, 2.75) is 57.7 Å². The van der Waals surface area contributed by atoms with E-state index < -0.39 is 0 Å². The molecule has 1 N–H and O–H groups in total.